The van der Waals surface area contributed by atoms with Gasteiger partial charge in [-0.1, -0.05) is 52.9 Å². The van der Waals surface area contributed by atoms with Gasteiger partial charge in [-0.25, -0.2) is 0 Å². The third kappa shape index (κ3) is 6.42. The first-order valence-corrected chi connectivity index (χ1v) is 7.44. The molecule has 0 saturated heterocycles. The molecule has 0 amide bonds. The average molecular weight is 244 g/mol. The zero-order valence-corrected chi connectivity index (χ0v) is 12.2. The molecule has 0 aliphatic carbocycles. The lowest BCUT2D eigenvalue weighted by molar-refractivity contribution is -0.0201. The number of rotatable bonds is 10. The van der Waals surface area contributed by atoms with E-state index < -0.39 is 6.10 Å². The summed E-state index contributed by atoms with van der Waals surface area (Å²) in [7, 11) is 0. The van der Waals surface area contributed by atoms with Crippen molar-refractivity contribution in [3.05, 3.63) is 0 Å². The van der Waals surface area contributed by atoms with E-state index in [1.165, 1.54) is 12.8 Å². The van der Waals surface area contributed by atoms with E-state index in [1.54, 1.807) is 0 Å². The Labute approximate surface area is 107 Å². The highest BCUT2D eigenvalue weighted by atomic mass is 16.3. The molecule has 0 aliphatic heterocycles. The molecule has 0 aromatic heterocycles. The monoisotopic (exact) mass is 244 g/mol. The largest absolute Gasteiger partial charge is 0.393 e. The van der Waals surface area contributed by atoms with Crippen molar-refractivity contribution in [2.24, 2.45) is 11.8 Å². The van der Waals surface area contributed by atoms with Crippen LogP contribution in [-0.4, -0.2) is 22.4 Å². The number of unbranched alkanes of at least 4 members (excludes halogenated alkanes) is 2. The van der Waals surface area contributed by atoms with Crippen molar-refractivity contribution in [2.45, 2.75) is 84.8 Å². The van der Waals surface area contributed by atoms with Gasteiger partial charge in [0.25, 0.3) is 0 Å². The van der Waals surface area contributed by atoms with Crippen LogP contribution in [0.3, 0.4) is 0 Å². The van der Waals surface area contributed by atoms with Crippen molar-refractivity contribution in [3.63, 3.8) is 0 Å². The molecule has 0 aromatic rings. The number of aliphatic hydroxyl groups is 2. The summed E-state index contributed by atoms with van der Waals surface area (Å²) in [6.07, 6.45) is 6.88. The Kier molecular flexibility index (Phi) is 9.85. The lowest BCUT2D eigenvalue weighted by Crippen LogP contribution is -2.35. The third-order valence-corrected chi connectivity index (χ3v) is 3.89. The van der Waals surface area contributed by atoms with Gasteiger partial charge in [-0.2, -0.15) is 0 Å². The third-order valence-electron chi connectivity index (χ3n) is 3.89. The minimum atomic E-state index is -0.396. The van der Waals surface area contributed by atoms with Crippen LogP contribution in [-0.2, 0) is 0 Å². The van der Waals surface area contributed by atoms with Crippen molar-refractivity contribution < 1.29 is 10.2 Å². The molecule has 17 heavy (non-hydrogen) atoms. The van der Waals surface area contributed by atoms with E-state index in [0.717, 1.165) is 32.1 Å². The molecule has 2 heteroatoms. The first kappa shape index (κ1) is 16.9. The van der Waals surface area contributed by atoms with Crippen LogP contribution < -0.4 is 0 Å². The Bertz CT molecular complexity index is 168. The van der Waals surface area contributed by atoms with Crippen molar-refractivity contribution in [2.75, 3.05) is 0 Å². The van der Waals surface area contributed by atoms with Crippen LogP contribution in [0.5, 0.6) is 0 Å². The molecule has 4 atom stereocenters. The van der Waals surface area contributed by atoms with E-state index in [-0.39, 0.29) is 12.0 Å². The quantitative estimate of drug-likeness (QED) is 0.614. The molecule has 2 nitrogen and oxygen atoms in total. The van der Waals surface area contributed by atoms with Crippen molar-refractivity contribution in [3.8, 4) is 0 Å². The van der Waals surface area contributed by atoms with Gasteiger partial charge >= 0.3 is 0 Å². The highest BCUT2D eigenvalue weighted by Crippen LogP contribution is 2.27. The van der Waals surface area contributed by atoms with Gasteiger partial charge in [0.05, 0.1) is 12.2 Å². The molecular weight excluding hydrogens is 212 g/mol. The highest BCUT2D eigenvalue weighted by Gasteiger charge is 2.28. The zero-order valence-electron chi connectivity index (χ0n) is 12.2. The maximum absolute atomic E-state index is 10.4. The molecule has 0 heterocycles. The summed E-state index contributed by atoms with van der Waals surface area (Å²) in [6.45, 7) is 8.29. The van der Waals surface area contributed by atoms with Gasteiger partial charge < -0.3 is 10.2 Å². The van der Waals surface area contributed by atoms with Gasteiger partial charge in [-0.3, -0.25) is 0 Å². The Morgan fingerprint density at radius 1 is 0.882 bits per heavy atom. The second kappa shape index (κ2) is 9.90. The Morgan fingerprint density at radius 2 is 1.41 bits per heavy atom. The van der Waals surface area contributed by atoms with Gasteiger partial charge in [-0.15, -0.1) is 0 Å². The fourth-order valence-electron chi connectivity index (χ4n) is 2.57. The van der Waals surface area contributed by atoms with E-state index in [2.05, 4.69) is 20.8 Å². The molecule has 0 fully saturated rings. The topological polar surface area (TPSA) is 40.5 Å². The molecule has 0 saturated carbocycles. The lowest BCUT2D eigenvalue weighted by Gasteiger charge is -2.31. The number of hydrogen-bond acceptors (Lipinski definition) is 2. The summed E-state index contributed by atoms with van der Waals surface area (Å²) >= 11 is 0. The molecule has 0 spiro atoms. The highest BCUT2D eigenvalue weighted by molar-refractivity contribution is 4.79. The minimum Gasteiger partial charge on any atom is -0.393 e. The molecule has 104 valence electrons. The van der Waals surface area contributed by atoms with Gasteiger partial charge in [0.1, 0.15) is 0 Å². The predicted octanol–water partition coefficient (Wildman–Crippen LogP) is 3.75. The van der Waals surface area contributed by atoms with Gasteiger partial charge in [0, 0.05) is 5.92 Å². The fraction of sp³-hybridized carbons (Fsp3) is 1.00. The summed E-state index contributed by atoms with van der Waals surface area (Å²) in [5.41, 5.74) is 0. The molecule has 0 rings (SSSR count). The summed E-state index contributed by atoms with van der Waals surface area (Å²) in [6, 6.07) is 0. The van der Waals surface area contributed by atoms with Crippen molar-refractivity contribution in [1.82, 2.24) is 0 Å². The summed E-state index contributed by atoms with van der Waals surface area (Å²) in [4.78, 5) is 0. The maximum Gasteiger partial charge on any atom is 0.0620 e. The molecular formula is C15H32O2. The Hall–Kier alpha value is -0.0800. The van der Waals surface area contributed by atoms with Crippen molar-refractivity contribution >= 4 is 0 Å². The molecule has 4 unspecified atom stereocenters. The Balaban J connectivity index is 4.37. The molecule has 0 radical (unpaired) electrons. The van der Waals surface area contributed by atoms with Crippen LogP contribution >= 0.6 is 0 Å². The van der Waals surface area contributed by atoms with E-state index in [4.69, 9.17) is 0 Å². The summed E-state index contributed by atoms with van der Waals surface area (Å²) in [5, 5.41) is 20.3. The van der Waals surface area contributed by atoms with Crippen LogP contribution in [0.2, 0.25) is 0 Å². The average Bonchev–Trinajstić information content (AvgIpc) is 2.30. The molecule has 0 bridgehead atoms. The second-order valence-corrected chi connectivity index (χ2v) is 5.35. The van der Waals surface area contributed by atoms with E-state index in [0.29, 0.717) is 5.92 Å². The molecule has 0 aliphatic rings. The van der Waals surface area contributed by atoms with Crippen LogP contribution in [0.1, 0.15) is 72.6 Å². The second-order valence-electron chi connectivity index (χ2n) is 5.35. The van der Waals surface area contributed by atoms with Crippen molar-refractivity contribution in [1.29, 1.82) is 0 Å². The lowest BCUT2D eigenvalue weighted by atomic mass is 9.81. The SMILES string of the molecule is CCCCC(CC)C(O)C(CCCC)C(C)O. The standard InChI is InChI=1S/C15H32O2/c1-5-8-10-13(7-3)15(17)14(12(4)16)11-9-6-2/h12-17H,5-11H2,1-4H3. The van der Waals surface area contributed by atoms with Crippen LogP contribution in [0.15, 0.2) is 0 Å². The summed E-state index contributed by atoms with van der Waals surface area (Å²) < 4.78 is 0. The van der Waals surface area contributed by atoms with Crippen LogP contribution in [0.25, 0.3) is 0 Å². The summed E-state index contributed by atoms with van der Waals surface area (Å²) in [5.74, 6) is 0.406. The first-order valence-electron chi connectivity index (χ1n) is 7.44. The van der Waals surface area contributed by atoms with Gasteiger partial charge in [0.2, 0.25) is 0 Å². The Morgan fingerprint density at radius 3 is 1.82 bits per heavy atom. The zero-order chi connectivity index (χ0) is 13.3. The molecule has 0 aromatic carbocycles. The van der Waals surface area contributed by atoms with E-state index in [9.17, 15) is 10.2 Å². The molecule has 2 N–H and O–H groups in total. The van der Waals surface area contributed by atoms with Gasteiger partial charge in [-0.05, 0) is 25.7 Å². The minimum absolute atomic E-state index is 0.0526. The normalized spacial score (nSPS) is 18.7. The maximum atomic E-state index is 10.4. The van der Waals surface area contributed by atoms with E-state index >= 15 is 0 Å². The van der Waals surface area contributed by atoms with Crippen LogP contribution in [0, 0.1) is 11.8 Å². The fourth-order valence-corrected chi connectivity index (χ4v) is 2.57. The smallest absolute Gasteiger partial charge is 0.0620 e. The predicted molar refractivity (Wildman–Crippen MR) is 74.0 cm³/mol. The number of hydrogen-bond donors (Lipinski definition) is 2. The number of aliphatic hydroxyl groups excluding tert-OH is 2. The van der Waals surface area contributed by atoms with E-state index in [1.807, 2.05) is 6.92 Å². The first-order chi connectivity index (χ1) is 8.08. The van der Waals surface area contributed by atoms with Gasteiger partial charge in [0.15, 0.2) is 0 Å². The van der Waals surface area contributed by atoms with Crippen LogP contribution in [0.4, 0.5) is 0 Å².